The summed E-state index contributed by atoms with van der Waals surface area (Å²) in [7, 11) is -4.01. The van der Waals surface area contributed by atoms with E-state index in [-0.39, 0.29) is 22.0 Å². The van der Waals surface area contributed by atoms with Crippen LogP contribution in [0.3, 0.4) is 0 Å². The molecule has 0 fully saturated rings. The predicted molar refractivity (Wildman–Crippen MR) is 76.2 cm³/mol. The Morgan fingerprint density at radius 3 is 2.65 bits per heavy atom. The Balaban J connectivity index is 2.43. The van der Waals surface area contributed by atoms with Crippen LogP contribution in [0.15, 0.2) is 52.1 Å². The van der Waals surface area contributed by atoms with Gasteiger partial charge < -0.3 is 4.18 Å². The summed E-state index contributed by atoms with van der Waals surface area (Å²) in [5.74, 6) is -0.299. The van der Waals surface area contributed by atoms with Crippen LogP contribution < -0.4 is 4.18 Å². The molecule has 104 valence electrons. The number of carbonyl (C=O) groups excluding carboxylic acids is 1. The average Bonchev–Trinajstić information content (AvgIpc) is 2.41. The van der Waals surface area contributed by atoms with Crippen molar-refractivity contribution >= 4 is 31.8 Å². The minimum absolute atomic E-state index is 0.00967. The molecule has 1 aromatic carbocycles. The Bertz CT molecular complexity index is 744. The average molecular weight is 356 g/mol. The van der Waals surface area contributed by atoms with Crippen molar-refractivity contribution in [3.63, 3.8) is 0 Å². The number of aromatic nitrogens is 1. The van der Waals surface area contributed by atoms with Crippen molar-refractivity contribution in [1.29, 1.82) is 0 Å². The lowest BCUT2D eigenvalue weighted by Crippen LogP contribution is -2.12. The molecular formula is C13H10BrNO4S. The first-order chi connectivity index (χ1) is 9.40. The van der Waals surface area contributed by atoms with Crippen LogP contribution in [0.4, 0.5) is 0 Å². The summed E-state index contributed by atoms with van der Waals surface area (Å²) in [6, 6.07) is 7.39. The molecule has 0 atom stereocenters. The summed E-state index contributed by atoms with van der Waals surface area (Å²) < 4.78 is 29.8. The predicted octanol–water partition coefficient (Wildman–Crippen LogP) is 2.81. The molecule has 0 unspecified atom stereocenters. The quantitative estimate of drug-likeness (QED) is 0.622. The first-order valence-corrected chi connectivity index (χ1v) is 7.75. The Morgan fingerprint density at radius 2 is 2.05 bits per heavy atom. The van der Waals surface area contributed by atoms with Gasteiger partial charge in [-0.05, 0) is 37.3 Å². The van der Waals surface area contributed by atoms with Gasteiger partial charge >= 0.3 is 10.1 Å². The minimum Gasteiger partial charge on any atom is -0.378 e. The lowest BCUT2D eigenvalue weighted by molar-refractivity contribution is 0.101. The van der Waals surface area contributed by atoms with E-state index >= 15 is 0 Å². The van der Waals surface area contributed by atoms with E-state index in [4.69, 9.17) is 4.18 Å². The molecule has 0 bridgehead atoms. The number of rotatable bonds is 4. The highest BCUT2D eigenvalue weighted by atomic mass is 79.9. The van der Waals surface area contributed by atoms with E-state index in [1.165, 1.54) is 43.6 Å². The van der Waals surface area contributed by atoms with Crippen LogP contribution in [0.2, 0.25) is 0 Å². The van der Waals surface area contributed by atoms with E-state index in [0.717, 1.165) is 0 Å². The number of carbonyl (C=O) groups is 1. The molecule has 0 spiro atoms. The van der Waals surface area contributed by atoms with Gasteiger partial charge in [-0.3, -0.25) is 9.78 Å². The van der Waals surface area contributed by atoms with Gasteiger partial charge in [-0.2, -0.15) is 8.42 Å². The van der Waals surface area contributed by atoms with Gasteiger partial charge in [-0.25, -0.2) is 0 Å². The van der Waals surface area contributed by atoms with Crippen molar-refractivity contribution < 1.29 is 17.4 Å². The summed E-state index contributed by atoms with van der Waals surface area (Å²) >= 11 is 3.22. The zero-order valence-corrected chi connectivity index (χ0v) is 12.8. The monoisotopic (exact) mass is 355 g/mol. The van der Waals surface area contributed by atoms with Crippen molar-refractivity contribution in [2.75, 3.05) is 0 Å². The van der Waals surface area contributed by atoms with E-state index in [2.05, 4.69) is 20.9 Å². The molecule has 0 aliphatic rings. The van der Waals surface area contributed by atoms with E-state index in [9.17, 15) is 13.2 Å². The van der Waals surface area contributed by atoms with Crippen molar-refractivity contribution in [1.82, 2.24) is 4.98 Å². The van der Waals surface area contributed by atoms with E-state index < -0.39 is 10.1 Å². The van der Waals surface area contributed by atoms with E-state index in [1.807, 2.05) is 0 Å². The summed E-state index contributed by atoms with van der Waals surface area (Å²) in [5.41, 5.74) is 0.187. The molecule has 5 nitrogen and oxygen atoms in total. The van der Waals surface area contributed by atoms with E-state index in [1.54, 1.807) is 6.07 Å². The molecule has 0 saturated heterocycles. The molecule has 0 aliphatic heterocycles. The number of Topliss-reactive ketones (excluding diaryl/α,β-unsaturated/α-hetero) is 1. The highest BCUT2D eigenvalue weighted by molar-refractivity contribution is 9.10. The van der Waals surface area contributed by atoms with Gasteiger partial charge in [0, 0.05) is 16.9 Å². The summed E-state index contributed by atoms with van der Waals surface area (Å²) in [6.07, 6.45) is 2.64. The maximum absolute atomic E-state index is 12.1. The molecular weight excluding hydrogens is 346 g/mol. The fourth-order valence-electron chi connectivity index (χ4n) is 1.51. The normalized spacial score (nSPS) is 11.1. The van der Waals surface area contributed by atoms with Gasteiger partial charge in [-0.1, -0.05) is 15.9 Å². The molecule has 1 heterocycles. The van der Waals surface area contributed by atoms with Crippen molar-refractivity contribution in [2.24, 2.45) is 0 Å². The van der Waals surface area contributed by atoms with Crippen molar-refractivity contribution in [3.8, 4) is 5.75 Å². The summed E-state index contributed by atoms with van der Waals surface area (Å²) in [4.78, 5) is 15.2. The molecule has 0 N–H and O–H groups in total. The van der Waals surface area contributed by atoms with Gasteiger partial charge in [0.25, 0.3) is 0 Å². The highest BCUT2D eigenvalue weighted by Crippen LogP contribution is 2.26. The largest absolute Gasteiger partial charge is 0.378 e. The number of pyridine rings is 1. The molecule has 2 rings (SSSR count). The van der Waals surface area contributed by atoms with Crippen molar-refractivity contribution in [3.05, 3.63) is 52.8 Å². The molecule has 20 heavy (non-hydrogen) atoms. The number of hydrogen-bond donors (Lipinski definition) is 0. The smallest absolute Gasteiger partial charge is 0.340 e. The third-order valence-corrected chi connectivity index (χ3v) is 4.15. The Hall–Kier alpha value is -1.73. The second kappa shape index (κ2) is 5.72. The van der Waals surface area contributed by atoms with Crippen LogP contribution in [0.1, 0.15) is 17.3 Å². The molecule has 0 radical (unpaired) electrons. The lowest BCUT2D eigenvalue weighted by atomic mass is 10.1. The van der Waals surface area contributed by atoms with Crippen molar-refractivity contribution in [2.45, 2.75) is 11.8 Å². The fourth-order valence-corrected chi connectivity index (χ4v) is 2.79. The first kappa shape index (κ1) is 14.7. The van der Waals surface area contributed by atoms with Crippen LogP contribution in [0, 0.1) is 0 Å². The highest BCUT2D eigenvalue weighted by Gasteiger charge is 2.20. The number of halogens is 1. The number of benzene rings is 1. The van der Waals surface area contributed by atoms with Crippen LogP contribution in [0.25, 0.3) is 0 Å². The summed E-state index contributed by atoms with van der Waals surface area (Å²) in [6.45, 7) is 1.34. The Kier molecular flexibility index (Phi) is 4.20. The van der Waals surface area contributed by atoms with Crippen LogP contribution >= 0.6 is 15.9 Å². The molecule has 2 aromatic rings. The standard InChI is InChI=1S/C13H10BrNO4S/c1-9(16)12-7-10(14)4-5-13(12)19-20(17,18)11-3-2-6-15-8-11/h2-8H,1H3. The van der Waals surface area contributed by atoms with Gasteiger partial charge in [0.15, 0.2) is 11.5 Å². The molecule has 0 saturated carbocycles. The number of nitrogens with zero attached hydrogens (tertiary/aromatic N) is 1. The molecule has 1 aromatic heterocycles. The maximum atomic E-state index is 12.1. The molecule has 0 amide bonds. The first-order valence-electron chi connectivity index (χ1n) is 5.55. The van der Waals surface area contributed by atoms with Gasteiger partial charge in [0.2, 0.25) is 0 Å². The topological polar surface area (TPSA) is 73.3 Å². The van der Waals surface area contributed by atoms with Crippen LogP contribution in [-0.4, -0.2) is 19.2 Å². The molecule has 7 heteroatoms. The van der Waals surface area contributed by atoms with Gasteiger partial charge in [-0.15, -0.1) is 0 Å². The second-order valence-corrected chi connectivity index (χ2v) is 6.38. The van der Waals surface area contributed by atoms with Crippen LogP contribution in [-0.2, 0) is 10.1 Å². The van der Waals surface area contributed by atoms with E-state index in [0.29, 0.717) is 4.47 Å². The SMILES string of the molecule is CC(=O)c1cc(Br)ccc1OS(=O)(=O)c1cccnc1. The zero-order chi connectivity index (χ0) is 14.8. The lowest BCUT2D eigenvalue weighted by Gasteiger charge is -2.10. The maximum Gasteiger partial charge on any atom is 0.340 e. The molecule has 0 aliphatic carbocycles. The third kappa shape index (κ3) is 3.23. The Labute approximate surface area is 124 Å². The fraction of sp³-hybridized carbons (Fsp3) is 0.0769. The third-order valence-electron chi connectivity index (χ3n) is 2.44. The van der Waals surface area contributed by atoms with Gasteiger partial charge in [0.1, 0.15) is 4.90 Å². The number of hydrogen-bond acceptors (Lipinski definition) is 5. The Morgan fingerprint density at radius 1 is 1.30 bits per heavy atom. The summed E-state index contributed by atoms with van der Waals surface area (Å²) in [5, 5.41) is 0. The number of ketones is 1. The van der Waals surface area contributed by atoms with Crippen LogP contribution in [0.5, 0.6) is 5.75 Å². The minimum atomic E-state index is -4.01. The zero-order valence-electron chi connectivity index (χ0n) is 10.4. The second-order valence-electron chi connectivity index (χ2n) is 3.92. The van der Waals surface area contributed by atoms with Gasteiger partial charge in [0.05, 0.1) is 5.56 Å².